The van der Waals surface area contributed by atoms with Gasteiger partial charge in [-0.05, 0) is 0 Å². The molecule has 0 aliphatic carbocycles. The van der Waals surface area contributed by atoms with Crippen molar-refractivity contribution in [3.05, 3.63) is 0 Å². The molecule has 0 spiro atoms. The van der Waals surface area contributed by atoms with Crippen LogP contribution in [0, 0.1) is 0 Å². The maximum absolute atomic E-state index is 10.3. The van der Waals surface area contributed by atoms with Crippen molar-refractivity contribution < 1.29 is 9.53 Å². The zero-order valence-electron chi connectivity index (χ0n) is 5.34. The van der Waals surface area contributed by atoms with Crippen molar-refractivity contribution in [2.75, 3.05) is 14.2 Å². The molecule has 3 N–H and O–H groups in total. The lowest BCUT2D eigenvalue weighted by molar-refractivity contribution is 0.176. The number of carbonyl (C=O) groups excluding carboxylic acids is 1. The Morgan fingerprint density at radius 3 is 2.67 bits per heavy atom. The van der Waals surface area contributed by atoms with Crippen LogP contribution in [-0.4, -0.2) is 26.2 Å². The standard InChI is InChI=1S/C4H9N3O2/c1-6-3(5)7-4(8)9-2/h1-2H3,(H3,5,6,7,8). The summed E-state index contributed by atoms with van der Waals surface area (Å²) in [7, 11) is 2.71. The summed E-state index contributed by atoms with van der Waals surface area (Å²) in [5.74, 6) is 0.0434. The van der Waals surface area contributed by atoms with Gasteiger partial charge in [-0.3, -0.25) is 10.3 Å². The third-order valence-corrected chi connectivity index (χ3v) is 0.656. The van der Waals surface area contributed by atoms with Gasteiger partial charge in [0, 0.05) is 7.05 Å². The van der Waals surface area contributed by atoms with Crippen LogP contribution in [0.2, 0.25) is 0 Å². The molecule has 5 nitrogen and oxygen atoms in total. The molecule has 52 valence electrons. The van der Waals surface area contributed by atoms with Crippen LogP contribution < -0.4 is 11.1 Å². The van der Waals surface area contributed by atoms with Crippen LogP contribution in [0.1, 0.15) is 0 Å². The lowest BCUT2D eigenvalue weighted by atomic mass is 10.9. The van der Waals surface area contributed by atoms with Crippen molar-refractivity contribution in [2.24, 2.45) is 10.7 Å². The van der Waals surface area contributed by atoms with Crippen LogP contribution in [-0.2, 0) is 4.74 Å². The molecule has 0 fully saturated rings. The minimum Gasteiger partial charge on any atom is -0.453 e. The van der Waals surface area contributed by atoms with E-state index in [9.17, 15) is 4.79 Å². The fourth-order valence-corrected chi connectivity index (χ4v) is 0.212. The van der Waals surface area contributed by atoms with Crippen LogP contribution in [0.4, 0.5) is 4.79 Å². The van der Waals surface area contributed by atoms with E-state index in [1.807, 2.05) is 0 Å². The summed E-state index contributed by atoms with van der Waals surface area (Å²) in [5.41, 5.74) is 5.09. The molecule has 0 heterocycles. The topological polar surface area (TPSA) is 76.7 Å². The fourth-order valence-electron chi connectivity index (χ4n) is 0.212. The SMILES string of the molecule is CN=C(N)NC(=O)OC. The van der Waals surface area contributed by atoms with Gasteiger partial charge in [-0.2, -0.15) is 0 Å². The van der Waals surface area contributed by atoms with Gasteiger partial charge in [0.05, 0.1) is 7.11 Å². The highest BCUT2D eigenvalue weighted by Crippen LogP contribution is 1.68. The molecule has 0 aromatic rings. The summed E-state index contributed by atoms with van der Waals surface area (Å²) >= 11 is 0. The van der Waals surface area contributed by atoms with E-state index in [1.165, 1.54) is 14.2 Å². The predicted molar refractivity (Wildman–Crippen MR) is 33.1 cm³/mol. The Kier molecular flexibility index (Phi) is 3.19. The predicted octanol–water partition coefficient (Wildman–Crippen LogP) is -0.713. The Labute approximate surface area is 52.9 Å². The summed E-state index contributed by atoms with van der Waals surface area (Å²) in [5, 5.41) is 2.15. The minimum atomic E-state index is -0.613. The van der Waals surface area contributed by atoms with Crippen LogP contribution >= 0.6 is 0 Å². The van der Waals surface area contributed by atoms with Crippen LogP contribution in [0.5, 0.6) is 0 Å². The van der Waals surface area contributed by atoms with Crippen LogP contribution in [0.25, 0.3) is 0 Å². The van der Waals surface area contributed by atoms with E-state index in [1.54, 1.807) is 0 Å². The van der Waals surface area contributed by atoms with E-state index >= 15 is 0 Å². The Bertz CT molecular complexity index is 132. The number of ether oxygens (including phenoxy) is 1. The zero-order chi connectivity index (χ0) is 7.28. The number of alkyl carbamates (subject to hydrolysis) is 1. The second kappa shape index (κ2) is 3.71. The van der Waals surface area contributed by atoms with Crippen molar-refractivity contribution in [3.8, 4) is 0 Å². The average molecular weight is 131 g/mol. The lowest BCUT2D eigenvalue weighted by Crippen LogP contribution is -2.36. The number of hydrogen-bond acceptors (Lipinski definition) is 3. The van der Waals surface area contributed by atoms with Gasteiger partial charge in [0.25, 0.3) is 0 Å². The monoisotopic (exact) mass is 131 g/mol. The number of aliphatic imine (C=N–C) groups is 1. The first-order chi connectivity index (χ1) is 4.20. The number of nitrogens with zero attached hydrogens (tertiary/aromatic N) is 1. The Morgan fingerprint density at radius 1 is 1.78 bits per heavy atom. The number of guanidine groups is 1. The number of amides is 1. The Hall–Kier alpha value is -1.26. The fraction of sp³-hybridized carbons (Fsp3) is 0.500. The number of hydrogen-bond donors (Lipinski definition) is 2. The maximum Gasteiger partial charge on any atom is 0.413 e. The minimum absolute atomic E-state index is 0.0434. The molecule has 0 atom stereocenters. The van der Waals surface area contributed by atoms with Crippen molar-refractivity contribution >= 4 is 12.1 Å². The van der Waals surface area contributed by atoms with Crippen LogP contribution in [0.3, 0.4) is 0 Å². The van der Waals surface area contributed by atoms with Gasteiger partial charge in [0.2, 0.25) is 0 Å². The first kappa shape index (κ1) is 7.74. The van der Waals surface area contributed by atoms with Gasteiger partial charge in [-0.15, -0.1) is 0 Å². The molecule has 0 unspecified atom stereocenters. The number of nitrogens with one attached hydrogen (secondary N) is 1. The molecule has 0 saturated carbocycles. The Morgan fingerprint density at radius 2 is 2.33 bits per heavy atom. The Balaban J connectivity index is 3.60. The molecule has 0 saturated heterocycles. The molecule has 0 radical (unpaired) electrons. The molecule has 0 aliphatic heterocycles. The molecule has 0 aromatic carbocycles. The molecule has 0 aliphatic rings. The van der Waals surface area contributed by atoms with E-state index < -0.39 is 6.09 Å². The normalized spacial score (nSPS) is 10.7. The molecule has 0 bridgehead atoms. The molecule has 0 rings (SSSR count). The van der Waals surface area contributed by atoms with Crippen molar-refractivity contribution in [3.63, 3.8) is 0 Å². The van der Waals surface area contributed by atoms with E-state index in [4.69, 9.17) is 5.73 Å². The highest BCUT2D eigenvalue weighted by molar-refractivity contribution is 5.92. The van der Waals surface area contributed by atoms with Gasteiger partial charge >= 0.3 is 6.09 Å². The third-order valence-electron chi connectivity index (χ3n) is 0.656. The molecule has 0 aromatic heterocycles. The molecular formula is C4H9N3O2. The van der Waals surface area contributed by atoms with Gasteiger partial charge in [0.15, 0.2) is 5.96 Å². The number of rotatable bonds is 0. The maximum atomic E-state index is 10.3. The van der Waals surface area contributed by atoms with Gasteiger partial charge in [-0.1, -0.05) is 0 Å². The second-order valence-corrected chi connectivity index (χ2v) is 1.23. The van der Waals surface area contributed by atoms with E-state index in [0.29, 0.717) is 0 Å². The van der Waals surface area contributed by atoms with E-state index in [-0.39, 0.29) is 5.96 Å². The summed E-state index contributed by atoms with van der Waals surface area (Å²) < 4.78 is 4.21. The number of methoxy groups -OCH3 is 1. The zero-order valence-corrected chi connectivity index (χ0v) is 5.34. The summed E-state index contributed by atoms with van der Waals surface area (Å²) in [6.45, 7) is 0. The summed E-state index contributed by atoms with van der Waals surface area (Å²) in [6, 6.07) is 0. The molecule has 5 heteroatoms. The van der Waals surface area contributed by atoms with Gasteiger partial charge < -0.3 is 10.5 Å². The van der Waals surface area contributed by atoms with Crippen molar-refractivity contribution in [1.82, 2.24) is 5.32 Å². The number of nitrogens with two attached hydrogens (primary N) is 1. The second-order valence-electron chi connectivity index (χ2n) is 1.23. The largest absolute Gasteiger partial charge is 0.453 e. The van der Waals surface area contributed by atoms with E-state index in [0.717, 1.165) is 0 Å². The van der Waals surface area contributed by atoms with E-state index in [2.05, 4.69) is 15.0 Å². The van der Waals surface area contributed by atoms with Gasteiger partial charge in [0.1, 0.15) is 0 Å². The molecule has 1 amide bonds. The first-order valence-electron chi connectivity index (χ1n) is 2.28. The lowest BCUT2D eigenvalue weighted by Gasteiger charge is -1.98. The molecule has 9 heavy (non-hydrogen) atoms. The summed E-state index contributed by atoms with van der Waals surface area (Å²) in [4.78, 5) is 13.7. The first-order valence-corrected chi connectivity index (χ1v) is 2.28. The summed E-state index contributed by atoms with van der Waals surface area (Å²) in [6.07, 6.45) is -0.613. The highest BCUT2D eigenvalue weighted by Gasteiger charge is 1.97. The quantitative estimate of drug-likeness (QED) is 0.336. The number of carbonyl (C=O) groups is 1. The molecular weight excluding hydrogens is 122 g/mol. The van der Waals surface area contributed by atoms with Crippen molar-refractivity contribution in [1.29, 1.82) is 0 Å². The van der Waals surface area contributed by atoms with Crippen LogP contribution in [0.15, 0.2) is 4.99 Å². The average Bonchev–Trinajstić information content (AvgIpc) is 1.87. The highest BCUT2D eigenvalue weighted by atomic mass is 16.5. The smallest absolute Gasteiger partial charge is 0.413 e. The van der Waals surface area contributed by atoms with Gasteiger partial charge in [-0.25, -0.2) is 4.79 Å². The van der Waals surface area contributed by atoms with Crippen molar-refractivity contribution in [2.45, 2.75) is 0 Å². The third kappa shape index (κ3) is 3.33.